The predicted molar refractivity (Wildman–Crippen MR) is 66.7 cm³/mol. The maximum absolute atomic E-state index is 13.4. The Morgan fingerprint density at radius 2 is 2.05 bits per heavy atom. The van der Waals surface area contributed by atoms with Crippen LogP contribution >= 0.6 is 0 Å². The lowest BCUT2D eigenvalue weighted by Gasteiger charge is -2.03. The van der Waals surface area contributed by atoms with Crippen molar-refractivity contribution in [1.29, 1.82) is 0 Å². The highest BCUT2D eigenvalue weighted by Crippen LogP contribution is 2.21. The van der Waals surface area contributed by atoms with E-state index in [0.717, 1.165) is 30.5 Å². The van der Waals surface area contributed by atoms with Crippen molar-refractivity contribution >= 4 is 23.3 Å². The molecule has 0 atom stereocenters. The number of nitro benzene ring substituents is 1. The summed E-state index contributed by atoms with van der Waals surface area (Å²) in [7, 11) is 0. The van der Waals surface area contributed by atoms with Crippen LogP contribution in [0.2, 0.25) is 0 Å². The summed E-state index contributed by atoms with van der Waals surface area (Å²) in [6.45, 7) is 0. The van der Waals surface area contributed by atoms with Crippen molar-refractivity contribution < 1.29 is 28.4 Å². The van der Waals surface area contributed by atoms with Crippen LogP contribution in [0, 0.1) is 15.9 Å². The molecule has 2 aromatic rings. The number of halogens is 1. The van der Waals surface area contributed by atoms with Gasteiger partial charge in [-0.1, -0.05) is 0 Å². The number of nitro groups is 1. The van der Waals surface area contributed by atoms with E-state index in [9.17, 15) is 24.1 Å². The first-order valence-corrected chi connectivity index (χ1v) is 5.45. The van der Waals surface area contributed by atoms with Crippen LogP contribution in [0.3, 0.4) is 0 Å². The van der Waals surface area contributed by atoms with E-state index in [4.69, 9.17) is 9.52 Å². The van der Waals surface area contributed by atoms with Crippen molar-refractivity contribution in [2.24, 2.45) is 0 Å². The number of furan rings is 1. The van der Waals surface area contributed by atoms with Crippen LogP contribution in [-0.4, -0.2) is 21.9 Å². The van der Waals surface area contributed by atoms with E-state index in [2.05, 4.69) is 5.32 Å². The van der Waals surface area contributed by atoms with Crippen LogP contribution in [0.15, 0.2) is 34.9 Å². The third-order valence-corrected chi connectivity index (χ3v) is 2.47. The molecule has 0 aliphatic rings. The molecule has 1 aromatic carbocycles. The minimum absolute atomic E-state index is 0.0311. The standard InChI is InChI=1S/C12H7FN2O6/c13-8-4-7(1-2-9(8)15(19)20)14-11(16)10-3-6(5-21-10)12(17)18/h1-5H,(H,14,16)(H,17,18). The lowest BCUT2D eigenvalue weighted by atomic mass is 10.2. The summed E-state index contributed by atoms with van der Waals surface area (Å²) < 4.78 is 18.1. The SMILES string of the molecule is O=C(O)c1coc(C(=O)Nc2ccc([N+](=O)[O-])c(F)c2)c1. The molecule has 0 aliphatic heterocycles. The Morgan fingerprint density at radius 3 is 2.57 bits per heavy atom. The van der Waals surface area contributed by atoms with Gasteiger partial charge in [-0.05, 0) is 6.07 Å². The Labute approximate surface area is 115 Å². The van der Waals surface area contributed by atoms with Crippen LogP contribution in [0.25, 0.3) is 0 Å². The average Bonchev–Trinajstić information content (AvgIpc) is 2.88. The number of rotatable bonds is 4. The van der Waals surface area contributed by atoms with Gasteiger partial charge in [0.25, 0.3) is 5.91 Å². The van der Waals surface area contributed by atoms with E-state index < -0.39 is 28.3 Å². The molecule has 0 saturated carbocycles. The number of nitrogens with zero attached hydrogens (tertiary/aromatic N) is 1. The van der Waals surface area contributed by atoms with Gasteiger partial charge in [0.2, 0.25) is 5.82 Å². The molecule has 1 heterocycles. The smallest absolute Gasteiger partial charge is 0.338 e. The number of amides is 1. The fraction of sp³-hybridized carbons (Fsp3) is 0. The van der Waals surface area contributed by atoms with Gasteiger partial charge in [0.05, 0.1) is 10.5 Å². The molecule has 0 saturated heterocycles. The summed E-state index contributed by atoms with van der Waals surface area (Å²) in [5.74, 6) is -3.47. The van der Waals surface area contributed by atoms with E-state index in [-0.39, 0.29) is 17.0 Å². The van der Waals surface area contributed by atoms with Crippen LogP contribution in [0.1, 0.15) is 20.9 Å². The molecular weight excluding hydrogens is 287 g/mol. The first-order valence-electron chi connectivity index (χ1n) is 5.45. The van der Waals surface area contributed by atoms with Gasteiger partial charge in [-0.25, -0.2) is 4.79 Å². The molecule has 2 rings (SSSR count). The number of hydrogen-bond acceptors (Lipinski definition) is 5. The number of benzene rings is 1. The second-order valence-electron chi connectivity index (χ2n) is 3.88. The molecule has 0 unspecified atom stereocenters. The topological polar surface area (TPSA) is 123 Å². The Hall–Kier alpha value is -3.23. The predicted octanol–water partition coefficient (Wildman–Crippen LogP) is 2.28. The van der Waals surface area contributed by atoms with Gasteiger partial charge in [-0.15, -0.1) is 0 Å². The van der Waals surface area contributed by atoms with Crippen molar-refractivity contribution in [2.45, 2.75) is 0 Å². The van der Waals surface area contributed by atoms with Crippen molar-refractivity contribution in [1.82, 2.24) is 0 Å². The molecule has 108 valence electrons. The Morgan fingerprint density at radius 1 is 1.33 bits per heavy atom. The molecule has 8 nitrogen and oxygen atoms in total. The fourth-order valence-corrected chi connectivity index (χ4v) is 1.49. The molecule has 1 aromatic heterocycles. The molecule has 21 heavy (non-hydrogen) atoms. The zero-order chi connectivity index (χ0) is 15.6. The van der Waals surface area contributed by atoms with Gasteiger partial charge in [-0.2, -0.15) is 4.39 Å². The second kappa shape index (κ2) is 5.41. The molecule has 0 bridgehead atoms. The summed E-state index contributed by atoms with van der Waals surface area (Å²) >= 11 is 0. The van der Waals surface area contributed by atoms with E-state index >= 15 is 0 Å². The highest BCUT2D eigenvalue weighted by Gasteiger charge is 2.17. The summed E-state index contributed by atoms with van der Waals surface area (Å²) in [6.07, 6.45) is 0.883. The lowest BCUT2D eigenvalue weighted by molar-refractivity contribution is -0.387. The number of carboxylic acid groups (broad SMARTS) is 1. The van der Waals surface area contributed by atoms with Crippen LogP contribution in [0.4, 0.5) is 15.8 Å². The minimum Gasteiger partial charge on any atom is -0.478 e. The number of aromatic carboxylic acids is 1. The quantitative estimate of drug-likeness (QED) is 0.658. The molecule has 9 heteroatoms. The highest BCUT2D eigenvalue weighted by molar-refractivity contribution is 6.03. The second-order valence-corrected chi connectivity index (χ2v) is 3.88. The molecule has 1 amide bonds. The zero-order valence-corrected chi connectivity index (χ0v) is 10.2. The molecule has 2 N–H and O–H groups in total. The van der Waals surface area contributed by atoms with E-state index in [1.54, 1.807) is 0 Å². The third-order valence-electron chi connectivity index (χ3n) is 2.47. The number of carbonyl (C=O) groups is 2. The molecule has 0 fully saturated rings. The first-order chi connectivity index (χ1) is 9.88. The molecule has 0 spiro atoms. The van der Waals surface area contributed by atoms with Gasteiger partial charge >= 0.3 is 11.7 Å². The van der Waals surface area contributed by atoms with Crippen molar-refractivity contribution in [3.05, 3.63) is 57.8 Å². The molecule has 0 radical (unpaired) electrons. The highest BCUT2D eigenvalue weighted by atomic mass is 19.1. The lowest BCUT2D eigenvalue weighted by Crippen LogP contribution is -2.11. The number of carboxylic acids is 1. The van der Waals surface area contributed by atoms with Gasteiger partial charge in [0, 0.05) is 23.9 Å². The first kappa shape index (κ1) is 14.2. The Bertz CT molecular complexity index is 739. The van der Waals surface area contributed by atoms with Gasteiger partial charge < -0.3 is 14.8 Å². The van der Waals surface area contributed by atoms with Gasteiger partial charge in [0.1, 0.15) is 6.26 Å². The van der Waals surface area contributed by atoms with E-state index in [0.29, 0.717) is 0 Å². The minimum atomic E-state index is -1.26. The van der Waals surface area contributed by atoms with Crippen molar-refractivity contribution in [2.75, 3.05) is 5.32 Å². The maximum atomic E-state index is 13.4. The Balaban J connectivity index is 2.17. The normalized spacial score (nSPS) is 10.1. The average molecular weight is 294 g/mol. The summed E-state index contributed by atoms with van der Waals surface area (Å²) in [5.41, 5.74) is -0.967. The van der Waals surface area contributed by atoms with Crippen LogP contribution < -0.4 is 5.32 Å². The van der Waals surface area contributed by atoms with Crippen LogP contribution in [-0.2, 0) is 0 Å². The number of hydrogen-bond donors (Lipinski definition) is 2. The molecule has 0 aliphatic carbocycles. The largest absolute Gasteiger partial charge is 0.478 e. The third kappa shape index (κ3) is 3.03. The van der Waals surface area contributed by atoms with Gasteiger partial charge in [-0.3, -0.25) is 14.9 Å². The Kier molecular flexibility index (Phi) is 3.65. The number of carbonyl (C=O) groups excluding carboxylic acids is 1. The van der Waals surface area contributed by atoms with Gasteiger partial charge in [0.15, 0.2) is 5.76 Å². The monoisotopic (exact) mass is 294 g/mol. The maximum Gasteiger partial charge on any atom is 0.338 e. The van der Waals surface area contributed by atoms with E-state index in [1.807, 2.05) is 0 Å². The van der Waals surface area contributed by atoms with E-state index in [1.165, 1.54) is 0 Å². The zero-order valence-electron chi connectivity index (χ0n) is 10.2. The summed E-state index contributed by atoms with van der Waals surface area (Å²) in [6, 6.07) is 3.81. The fourth-order valence-electron chi connectivity index (χ4n) is 1.49. The summed E-state index contributed by atoms with van der Waals surface area (Å²) in [5, 5.41) is 21.4. The number of nitrogens with one attached hydrogen (secondary N) is 1. The van der Waals surface area contributed by atoms with Crippen molar-refractivity contribution in [3.63, 3.8) is 0 Å². The van der Waals surface area contributed by atoms with Crippen LogP contribution in [0.5, 0.6) is 0 Å². The molecular formula is C12H7FN2O6. The number of anilines is 1. The van der Waals surface area contributed by atoms with Crippen molar-refractivity contribution in [3.8, 4) is 0 Å². The summed E-state index contributed by atoms with van der Waals surface area (Å²) in [4.78, 5) is 31.9.